The topological polar surface area (TPSA) is 80.5 Å². The molecule has 2 atom stereocenters. The quantitative estimate of drug-likeness (QED) is 0.413. The zero-order valence-corrected chi connectivity index (χ0v) is 16.0. The SMILES string of the molecule is O=C(O)CSc1nnc(I)n1-c1ccc(C2CC2)c2c1C=CC1OC21. The maximum absolute atomic E-state index is 10.9. The first-order valence-electron chi connectivity index (χ1n) is 8.10. The molecule has 2 heterocycles. The highest BCUT2D eigenvalue weighted by molar-refractivity contribution is 14.1. The van der Waals surface area contributed by atoms with E-state index in [1.165, 1.54) is 35.7 Å². The van der Waals surface area contributed by atoms with Gasteiger partial charge in [-0.3, -0.25) is 9.36 Å². The molecule has 5 rings (SSSR count). The van der Waals surface area contributed by atoms with E-state index in [4.69, 9.17) is 9.84 Å². The van der Waals surface area contributed by atoms with Crippen LogP contribution in [-0.4, -0.2) is 37.7 Å². The maximum Gasteiger partial charge on any atom is 0.313 e. The van der Waals surface area contributed by atoms with Crippen LogP contribution in [0.2, 0.25) is 0 Å². The Morgan fingerprint density at radius 3 is 3.00 bits per heavy atom. The van der Waals surface area contributed by atoms with Gasteiger partial charge in [0.1, 0.15) is 12.2 Å². The summed E-state index contributed by atoms with van der Waals surface area (Å²) in [5, 5.41) is 17.9. The van der Waals surface area contributed by atoms with E-state index >= 15 is 0 Å². The van der Waals surface area contributed by atoms with Crippen LogP contribution in [0.15, 0.2) is 23.4 Å². The van der Waals surface area contributed by atoms with E-state index in [2.05, 4.69) is 57.1 Å². The molecule has 6 nitrogen and oxygen atoms in total. The number of carbonyl (C=O) groups is 1. The lowest BCUT2D eigenvalue weighted by atomic mass is 9.89. The molecule has 1 aromatic carbocycles. The number of fused-ring (bicyclic) bond motifs is 3. The molecule has 128 valence electrons. The predicted molar refractivity (Wildman–Crippen MR) is 101 cm³/mol. The minimum Gasteiger partial charge on any atom is -0.481 e. The number of hydrogen-bond donors (Lipinski definition) is 1. The van der Waals surface area contributed by atoms with Crippen molar-refractivity contribution < 1.29 is 14.6 Å². The van der Waals surface area contributed by atoms with Crippen molar-refractivity contribution in [3.8, 4) is 5.69 Å². The lowest BCUT2D eigenvalue weighted by Gasteiger charge is -2.19. The van der Waals surface area contributed by atoms with Crippen LogP contribution in [0.5, 0.6) is 0 Å². The van der Waals surface area contributed by atoms with Gasteiger partial charge in [-0.15, -0.1) is 10.2 Å². The highest BCUT2D eigenvalue weighted by atomic mass is 127. The fourth-order valence-corrected chi connectivity index (χ4v) is 4.87. The van der Waals surface area contributed by atoms with Gasteiger partial charge >= 0.3 is 5.97 Å². The molecule has 2 aliphatic carbocycles. The zero-order chi connectivity index (χ0) is 17.1. The Bertz CT molecular complexity index is 922. The summed E-state index contributed by atoms with van der Waals surface area (Å²) in [6.07, 6.45) is 7.11. The van der Waals surface area contributed by atoms with Crippen LogP contribution in [0.3, 0.4) is 0 Å². The van der Waals surface area contributed by atoms with Crippen LogP contribution in [0.4, 0.5) is 0 Å². The molecule has 25 heavy (non-hydrogen) atoms. The van der Waals surface area contributed by atoms with Crippen LogP contribution in [0.25, 0.3) is 11.8 Å². The van der Waals surface area contributed by atoms with E-state index in [1.807, 2.05) is 4.57 Å². The predicted octanol–water partition coefficient (Wildman–Crippen LogP) is 3.39. The Morgan fingerprint density at radius 2 is 2.24 bits per heavy atom. The standard InChI is InChI=1S/C17H14IN3O3S/c18-16-19-20-17(25-7-13(22)23)21(16)11-5-3-9(8-1-2-8)14-10(11)4-6-12-15(14)24-12/h3-6,8,12,15H,1-2,7H2,(H,22,23). The second kappa shape index (κ2) is 5.82. The number of carboxylic acids is 1. The van der Waals surface area contributed by atoms with Gasteiger partial charge in [-0.2, -0.15) is 0 Å². The minimum absolute atomic E-state index is 0.0409. The summed E-state index contributed by atoms with van der Waals surface area (Å²) >= 11 is 3.33. The molecule has 3 aliphatic rings. The van der Waals surface area contributed by atoms with Gasteiger partial charge in [0.15, 0.2) is 8.99 Å². The summed E-state index contributed by atoms with van der Waals surface area (Å²) in [5.41, 5.74) is 4.84. The summed E-state index contributed by atoms with van der Waals surface area (Å²) in [4.78, 5) is 10.9. The summed E-state index contributed by atoms with van der Waals surface area (Å²) in [5.74, 6) is -0.254. The fraction of sp³-hybridized carbons (Fsp3) is 0.353. The van der Waals surface area contributed by atoms with E-state index in [0.29, 0.717) is 11.1 Å². The Balaban J connectivity index is 1.64. The minimum atomic E-state index is -0.866. The molecule has 1 aliphatic heterocycles. The van der Waals surface area contributed by atoms with Gasteiger partial charge in [0.25, 0.3) is 0 Å². The number of epoxide rings is 1. The Morgan fingerprint density at radius 1 is 1.40 bits per heavy atom. The summed E-state index contributed by atoms with van der Waals surface area (Å²) in [6.45, 7) is 0. The average Bonchev–Trinajstić information content (AvgIpc) is 3.50. The van der Waals surface area contributed by atoms with E-state index in [0.717, 1.165) is 15.1 Å². The first-order chi connectivity index (χ1) is 12.1. The lowest BCUT2D eigenvalue weighted by molar-refractivity contribution is -0.133. The van der Waals surface area contributed by atoms with Crippen molar-refractivity contribution in [1.82, 2.24) is 14.8 Å². The maximum atomic E-state index is 10.9. The van der Waals surface area contributed by atoms with Gasteiger partial charge in [0.2, 0.25) is 0 Å². The summed E-state index contributed by atoms with van der Waals surface area (Å²) < 4.78 is 8.49. The van der Waals surface area contributed by atoms with E-state index in [9.17, 15) is 4.79 Å². The van der Waals surface area contributed by atoms with Crippen LogP contribution in [0, 0.1) is 3.83 Å². The monoisotopic (exact) mass is 467 g/mol. The molecular formula is C17H14IN3O3S. The number of nitrogens with zero attached hydrogens (tertiary/aromatic N) is 3. The third-order valence-corrected chi connectivity index (χ3v) is 6.35. The van der Waals surface area contributed by atoms with Crippen LogP contribution >= 0.6 is 34.4 Å². The number of rotatable bonds is 5. The Kier molecular flexibility index (Phi) is 3.68. The molecular weight excluding hydrogens is 453 g/mol. The molecule has 0 bridgehead atoms. The number of carboxylic acid groups (broad SMARTS) is 1. The molecule has 0 amide bonds. The first kappa shape index (κ1) is 15.8. The van der Waals surface area contributed by atoms with E-state index in [-0.39, 0.29) is 18.0 Å². The first-order valence-corrected chi connectivity index (χ1v) is 10.2. The molecule has 1 saturated heterocycles. The van der Waals surface area contributed by atoms with Gasteiger partial charge in [-0.25, -0.2) is 0 Å². The van der Waals surface area contributed by atoms with Gasteiger partial charge in [-0.1, -0.05) is 30.0 Å². The van der Waals surface area contributed by atoms with Crippen molar-refractivity contribution >= 4 is 46.4 Å². The molecule has 2 unspecified atom stereocenters. The van der Waals surface area contributed by atoms with Crippen molar-refractivity contribution in [3.63, 3.8) is 0 Å². The van der Waals surface area contributed by atoms with Crippen molar-refractivity contribution in [2.75, 3.05) is 5.75 Å². The third kappa shape index (κ3) is 2.70. The number of halogens is 1. The molecule has 0 spiro atoms. The molecule has 2 aromatic rings. The average molecular weight is 467 g/mol. The van der Waals surface area contributed by atoms with Gasteiger partial charge in [-0.05, 0) is 36.0 Å². The number of aliphatic carboxylic acids is 1. The lowest BCUT2D eigenvalue weighted by Crippen LogP contribution is -2.09. The molecule has 0 radical (unpaired) electrons. The van der Waals surface area contributed by atoms with E-state index < -0.39 is 5.97 Å². The third-order valence-electron chi connectivity index (χ3n) is 4.74. The molecule has 1 saturated carbocycles. The zero-order valence-electron chi connectivity index (χ0n) is 13.1. The van der Waals surface area contributed by atoms with E-state index in [1.54, 1.807) is 0 Å². The van der Waals surface area contributed by atoms with Crippen molar-refractivity contribution in [1.29, 1.82) is 0 Å². The number of thioether (sulfide) groups is 1. The normalized spacial score (nSPS) is 23.2. The van der Waals surface area contributed by atoms with Crippen LogP contribution in [0.1, 0.15) is 41.6 Å². The molecule has 1 N–H and O–H groups in total. The second-order valence-electron chi connectivity index (χ2n) is 6.43. The largest absolute Gasteiger partial charge is 0.481 e. The Labute approximate surface area is 161 Å². The van der Waals surface area contributed by atoms with Gasteiger partial charge < -0.3 is 9.84 Å². The highest BCUT2D eigenvalue weighted by Crippen LogP contribution is 2.53. The van der Waals surface area contributed by atoms with Crippen LogP contribution in [-0.2, 0) is 9.53 Å². The van der Waals surface area contributed by atoms with Crippen molar-refractivity contribution in [3.05, 3.63) is 38.7 Å². The van der Waals surface area contributed by atoms with Gasteiger partial charge in [0, 0.05) is 28.2 Å². The number of benzene rings is 1. The molecule has 1 aromatic heterocycles. The van der Waals surface area contributed by atoms with Gasteiger partial charge in [0.05, 0.1) is 11.4 Å². The molecule has 8 heteroatoms. The highest BCUT2D eigenvalue weighted by Gasteiger charge is 2.45. The van der Waals surface area contributed by atoms with Crippen molar-refractivity contribution in [2.45, 2.75) is 36.1 Å². The smallest absolute Gasteiger partial charge is 0.313 e. The number of hydrogen-bond acceptors (Lipinski definition) is 5. The number of ether oxygens (including phenoxy) is 1. The van der Waals surface area contributed by atoms with Crippen LogP contribution < -0.4 is 0 Å². The number of aromatic nitrogens is 3. The summed E-state index contributed by atoms with van der Waals surface area (Å²) in [7, 11) is 0. The Hall–Kier alpha value is -1.39. The molecule has 2 fully saturated rings. The van der Waals surface area contributed by atoms with Crippen molar-refractivity contribution in [2.24, 2.45) is 0 Å². The summed E-state index contributed by atoms with van der Waals surface area (Å²) in [6, 6.07) is 4.31. The second-order valence-corrected chi connectivity index (χ2v) is 8.33. The fourth-order valence-electron chi connectivity index (χ4n) is 3.45.